The maximum Gasteiger partial charge on any atom is 0.120 e. The highest BCUT2D eigenvalue weighted by atomic mass is 35.5. The first-order chi connectivity index (χ1) is 15.9. The largest absolute Gasteiger partial charge is 0.491 e. The Morgan fingerprint density at radius 1 is 1.12 bits per heavy atom. The minimum absolute atomic E-state index is 0.209. The van der Waals surface area contributed by atoms with Gasteiger partial charge in [0.05, 0.1) is 12.2 Å². The first-order valence-corrected chi connectivity index (χ1v) is 11.3. The van der Waals surface area contributed by atoms with Crippen LogP contribution in [0, 0.1) is 13.8 Å². The Hall–Kier alpha value is -2.80. The van der Waals surface area contributed by atoms with Gasteiger partial charge in [0, 0.05) is 29.4 Å². The SMILES string of the molecule is C=CCOc1ccc(OCC(O)CN(C)Cc2c(C)nn(Cc3ccccc3Cl)c2C)cc1. The van der Waals surface area contributed by atoms with Crippen LogP contribution in [-0.2, 0) is 13.1 Å². The molecule has 6 nitrogen and oxygen atoms in total. The van der Waals surface area contributed by atoms with Gasteiger partial charge in [-0.2, -0.15) is 5.10 Å². The lowest BCUT2D eigenvalue weighted by Crippen LogP contribution is -2.33. The average molecular weight is 470 g/mol. The normalized spacial score (nSPS) is 12.1. The second-order valence-corrected chi connectivity index (χ2v) is 8.54. The molecular formula is C26H32ClN3O3. The van der Waals surface area contributed by atoms with E-state index in [1.165, 1.54) is 0 Å². The third-order valence-corrected chi connectivity index (χ3v) is 5.76. The van der Waals surface area contributed by atoms with E-state index in [1.54, 1.807) is 6.08 Å². The van der Waals surface area contributed by atoms with E-state index in [1.807, 2.05) is 67.2 Å². The van der Waals surface area contributed by atoms with E-state index in [2.05, 4.69) is 18.4 Å². The molecule has 176 valence electrons. The summed E-state index contributed by atoms with van der Waals surface area (Å²) < 4.78 is 13.2. The predicted octanol–water partition coefficient (Wildman–Crippen LogP) is 4.64. The van der Waals surface area contributed by atoms with E-state index in [4.69, 9.17) is 26.2 Å². The van der Waals surface area contributed by atoms with Crippen molar-refractivity contribution in [2.75, 3.05) is 26.8 Å². The van der Waals surface area contributed by atoms with Crippen molar-refractivity contribution in [2.24, 2.45) is 0 Å². The Labute approximate surface area is 201 Å². The van der Waals surface area contributed by atoms with E-state index in [9.17, 15) is 5.11 Å². The van der Waals surface area contributed by atoms with Crippen molar-refractivity contribution in [1.82, 2.24) is 14.7 Å². The molecule has 3 aromatic rings. The molecule has 0 fully saturated rings. The third kappa shape index (κ3) is 7.09. The first kappa shape index (κ1) is 24.8. The maximum absolute atomic E-state index is 10.5. The topological polar surface area (TPSA) is 59.8 Å². The van der Waals surface area contributed by atoms with Gasteiger partial charge in [0.25, 0.3) is 0 Å². The van der Waals surface area contributed by atoms with Crippen LogP contribution in [0.3, 0.4) is 0 Å². The number of halogens is 1. The Morgan fingerprint density at radius 2 is 1.79 bits per heavy atom. The fraction of sp³-hybridized carbons (Fsp3) is 0.346. The monoisotopic (exact) mass is 469 g/mol. The molecule has 1 aromatic heterocycles. The number of aliphatic hydroxyl groups excluding tert-OH is 1. The van der Waals surface area contributed by atoms with Crippen LogP contribution in [0.1, 0.15) is 22.5 Å². The van der Waals surface area contributed by atoms with Gasteiger partial charge in [-0.3, -0.25) is 9.58 Å². The Morgan fingerprint density at radius 3 is 2.45 bits per heavy atom. The van der Waals surface area contributed by atoms with Crippen LogP contribution in [0.15, 0.2) is 61.2 Å². The van der Waals surface area contributed by atoms with E-state index in [0.717, 1.165) is 33.3 Å². The summed E-state index contributed by atoms with van der Waals surface area (Å²) in [7, 11) is 1.99. The van der Waals surface area contributed by atoms with Crippen molar-refractivity contribution in [2.45, 2.75) is 33.0 Å². The van der Waals surface area contributed by atoms with Gasteiger partial charge in [-0.15, -0.1) is 0 Å². The highest BCUT2D eigenvalue weighted by Crippen LogP contribution is 2.21. The minimum atomic E-state index is -0.620. The zero-order valence-corrected chi connectivity index (χ0v) is 20.3. The lowest BCUT2D eigenvalue weighted by atomic mass is 10.1. The molecule has 0 spiro atoms. The van der Waals surface area contributed by atoms with Crippen LogP contribution >= 0.6 is 11.6 Å². The summed E-state index contributed by atoms with van der Waals surface area (Å²) >= 11 is 6.32. The Bertz CT molecular complexity index is 1050. The standard InChI is InChI=1S/C26H32ClN3O3/c1-5-14-32-23-10-12-24(13-11-23)33-18-22(31)16-29(4)17-25-19(2)28-30(20(25)3)15-21-8-6-7-9-26(21)27/h5-13,22,31H,1,14-18H2,2-4H3. The van der Waals surface area contributed by atoms with Crippen molar-refractivity contribution in [3.63, 3.8) is 0 Å². The van der Waals surface area contributed by atoms with Crippen LogP contribution in [0.5, 0.6) is 11.5 Å². The molecule has 1 atom stereocenters. The van der Waals surface area contributed by atoms with Crippen LogP contribution in [-0.4, -0.2) is 52.7 Å². The van der Waals surface area contributed by atoms with E-state index in [-0.39, 0.29) is 6.61 Å². The molecule has 3 rings (SSSR count). The number of benzene rings is 2. The predicted molar refractivity (Wildman–Crippen MR) is 132 cm³/mol. The molecule has 0 saturated carbocycles. The van der Waals surface area contributed by atoms with Crippen molar-refractivity contribution in [3.05, 3.63) is 88.7 Å². The van der Waals surface area contributed by atoms with Crippen LogP contribution in [0.25, 0.3) is 0 Å². The van der Waals surface area contributed by atoms with Gasteiger partial charge < -0.3 is 14.6 Å². The molecule has 1 heterocycles. The van der Waals surface area contributed by atoms with E-state index in [0.29, 0.717) is 32.0 Å². The molecule has 0 bridgehead atoms. The van der Waals surface area contributed by atoms with Crippen molar-refractivity contribution in [3.8, 4) is 11.5 Å². The van der Waals surface area contributed by atoms with Gasteiger partial charge in [0.1, 0.15) is 30.8 Å². The molecule has 0 saturated heterocycles. The second kappa shape index (κ2) is 11.9. The first-order valence-electron chi connectivity index (χ1n) is 11.0. The third-order valence-electron chi connectivity index (χ3n) is 5.39. The zero-order valence-electron chi connectivity index (χ0n) is 19.5. The number of aliphatic hydroxyl groups is 1. The molecule has 0 aliphatic rings. The average Bonchev–Trinajstić information content (AvgIpc) is 3.05. The molecule has 7 heteroatoms. The molecule has 0 aliphatic carbocycles. The number of hydrogen-bond acceptors (Lipinski definition) is 5. The highest BCUT2D eigenvalue weighted by Gasteiger charge is 2.16. The van der Waals surface area contributed by atoms with Gasteiger partial charge >= 0.3 is 0 Å². The number of nitrogens with zero attached hydrogens (tertiary/aromatic N) is 3. The minimum Gasteiger partial charge on any atom is -0.491 e. The second-order valence-electron chi connectivity index (χ2n) is 8.13. The van der Waals surface area contributed by atoms with Crippen molar-refractivity contribution in [1.29, 1.82) is 0 Å². The molecule has 0 radical (unpaired) electrons. The van der Waals surface area contributed by atoms with Crippen molar-refractivity contribution < 1.29 is 14.6 Å². The van der Waals surface area contributed by atoms with Crippen molar-refractivity contribution >= 4 is 11.6 Å². The van der Waals surface area contributed by atoms with Gasteiger partial charge in [-0.1, -0.05) is 42.5 Å². The fourth-order valence-electron chi connectivity index (χ4n) is 3.63. The smallest absolute Gasteiger partial charge is 0.120 e. The van der Waals surface area contributed by atoms with Gasteiger partial charge in [-0.25, -0.2) is 0 Å². The van der Waals surface area contributed by atoms with Gasteiger partial charge in [0.15, 0.2) is 0 Å². The quantitative estimate of drug-likeness (QED) is 0.392. The summed E-state index contributed by atoms with van der Waals surface area (Å²) in [6.07, 6.45) is 1.08. The summed E-state index contributed by atoms with van der Waals surface area (Å²) in [5, 5.41) is 15.9. The van der Waals surface area contributed by atoms with Gasteiger partial charge in [0.2, 0.25) is 0 Å². The number of aromatic nitrogens is 2. The molecular weight excluding hydrogens is 438 g/mol. The lowest BCUT2D eigenvalue weighted by molar-refractivity contribution is 0.0742. The Kier molecular flexibility index (Phi) is 8.95. The van der Waals surface area contributed by atoms with Crippen LogP contribution in [0.4, 0.5) is 0 Å². The molecule has 0 aliphatic heterocycles. The van der Waals surface area contributed by atoms with Crippen LogP contribution in [0.2, 0.25) is 5.02 Å². The molecule has 0 amide bonds. The zero-order chi connectivity index (χ0) is 23.8. The number of aryl methyl sites for hydroxylation is 1. The Balaban J connectivity index is 1.51. The number of ether oxygens (including phenoxy) is 2. The maximum atomic E-state index is 10.5. The summed E-state index contributed by atoms with van der Waals surface area (Å²) in [5.74, 6) is 1.44. The van der Waals surface area contributed by atoms with Crippen LogP contribution < -0.4 is 9.47 Å². The molecule has 33 heavy (non-hydrogen) atoms. The van der Waals surface area contributed by atoms with Gasteiger partial charge in [-0.05, 0) is 56.8 Å². The highest BCUT2D eigenvalue weighted by molar-refractivity contribution is 6.31. The number of likely N-dealkylation sites (N-methyl/N-ethyl adjacent to an activating group) is 1. The lowest BCUT2D eigenvalue weighted by Gasteiger charge is -2.21. The van der Waals surface area contributed by atoms with E-state index < -0.39 is 6.10 Å². The summed E-state index contributed by atoms with van der Waals surface area (Å²) in [6.45, 7) is 10.2. The fourth-order valence-corrected chi connectivity index (χ4v) is 3.83. The summed E-state index contributed by atoms with van der Waals surface area (Å²) in [4.78, 5) is 2.08. The molecule has 1 unspecified atom stereocenters. The summed E-state index contributed by atoms with van der Waals surface area (Å²) in [6, 6.07) is 15.2. The van der Waals surface area contributed by atoms with E-state index >= 15 is 0 Å². The number of rotatable bonds is 12. The molecule has 1 N–H and O–H groups in total. The number of hydrogen-bond donors (Lipinski definition) is 1. The molecule has 2 aromatic carbocycles. The summed E-state index contributed by atoms with van der Waals surface area (Å²) in [5.41, 5.74) is 4.28.